The average molecular weight is 215 g/mol. The highest BCUT2D eigenvalue weighted by molar-refractivity contribution is 5.65. The normalized spacial score (nSPS) is 10.4. The molecule has 0 saturated heterocycles. The molecule has 0 spiro atoms. The number of nitrogens with two attached hydrogens (primary N) is 1. The Labute approximate surface area is 93.7 Å². The van der Waals surface area contributed by atoms with Gasteiger partial charge in [-0.1, -0.05) is 0 Å². The Balaban J connectivity index is 2.72. The minimum atomic E-state index is 0.324. The third kappa shape index (κ3) is 1.49. The second kappa shape index (κ2) is 3.83. The summed E-state index contributed by atoms with van der Waals surface area (Å²) in [6.07, 6.45) is 1.89. The van der Waals surface area contributed by atoms with Crippen LogP contribution < -0.4 is 10.6 Å². The lowest BCUT2D eigenvalue weighted by Gasteiger charge is -2.12. The predicted octanol–water partition coefficient (Wildman–Crippen LogP) is 0.731. The maximum atomic E-state index is 8.99. The zero-order valence-corrected chi connectivity index (χ0v) is 9.31. The molecule has 0 fully saturated rings. The Morgan fingerprint density at radius 1 is 1.56 bits per heavy atom. The highest BCUT2D eigenvalue weighted by Crippen LogP contribution is 2.19. The van der Waals surface area contributed by atoms with Crippen molar-refractivity contribution in [1.82, 2.24) is 9.38 Å². The molecule has 2 heterocycles. The van der Waals surface area contributed by atoms with Crippen molar-refractivity contribution in [3.63, 3.8) is 0 Å². The summed E-state index contributed by atoms with van der Waals surface area (Å²) < 4.78 is 1.85. The molecule has 2 rings (SSSR count). The van der Waals surface area contributed by atoms with E-state index in [4.69, 9.17) is 11.0 Å². The van der Waals surface area contributed by atoms with Crippen LogP contribution in [0.3, 0.4) is 0 Å². The number of hydrogen-bond donors (Lipinski definition) is 1. The van der Waals surface area contributed by atoms with Crippen molar-refractivity contribution in [2.45, 2.75) is 6.54 Å². The van der Waals surface area contributed by atoms with Gasteiger partial charge >= 0.3 is 0 Å². The number of hydrogen-bond acceptors (Lipinski definition) is 4. The second-order valence-corrected chi connectivity index (χ2v) is 3.73. The summed E-state index contributed by atoms with van der Waals surface area (Å²) in [5, 5.41) is 8.99. The molecule has 82 valence electrons. The largest absolute Gasteiger partial charge is 0.378 e. The Morgan fingerprint density at radius 3 is 2.88 bits per heavy atom. The molecule has 0 saturated carbocycles. The van der Waals surface area contributed by atoms with Crippen molar-refractivity contribution < 1.29 is 0 Å². The van der Waals surface area contributed by atoms with Gasteiger partial charge in [0, 0.05) is 26.0 Å². The number of rotatable bonds is 2. The molecule has 0 aliphatic rings. The smallest absolute Gasteiger partial charge is 0.166 e. The van der Waals surface area contributed by atoms with Crippen LogP contribution in [0.5, 0.6) is 0 Å². The highest BCUT2D eigenvalue weighted by atomic mass is 15.1. The van der Waals surface area contributed by atoms with Crippen molar-refractivity contribution in [1.29, 1.82) is 5.26 Å². The molecule has 16 heavy (non-hydrogen) atoms. The molecular weight excluding hydrogens is 202 g/mol. The highest BCUT2D eigenvalue weighted by Gasteiger charge is 2.10. The first-order valence-electron chi connectivity index (χ1n) is 4.96. The van der Waals surface area contributed by atoms with Crippen LogP contribution in [-0.2, 0) is 6.54 Å². The third-order valence-electron chi connectivity index (χ3n) is 2.50. The van der Waals surface area contributed by atoms with E-state index in [0.29, 0.717) is 18.1 Å². The van der Waals surface area contributed by atoms with Crippen molar-refractivity contribution in [3.8, 4) is 6.07 Å². The van der Waals surface area contributed by atoms with Crippen molar-refractivity contribution >= 4 is 11.2 Å². The molecular formula is C11H13N5. The van der Waals surface area contributed by atoms with Gasteiger partial charge in [-0.3, -0.25) is 0 Å². The first-order chi connectivity index (χ1) is 7.67. The Bertz CT molecular complexity index is 561. The average Bonchev–Trinajstić information content (AvgIpc) is 2.65. The van der Waals surface area contributed by atoms with Crippen LogP contribution in [0.2, 0.25) is 0 Å². The van der Waals surface area contributed by atoms with Crippen molar-refractivity contribution in [2.75, 3.05) is 19.0 Å². The van der Waals surface area contributed by atoms with E-state index in [9.17, 15) is 0 Å². The lowest BCUT2D eigenvalue weighted by Crippen LogP contribution is -2.09. The fourth-order valence-corrected chi connectivity index (χ4v) is 1.64. The molecule has 0 aliphatic heterocycles. The molecule has 0 amide bonds. The van der Waals surface area contributed by atoms with Crippen LogP contribution in [0.1, 0.15) is 11.5 Å². The number of fused-ring (bicyclic) bond motifs is 1. The van der Waals surface area contributed by atoms with Gasteiger partial charge in [0.2, 0.25) is 0 Å². The first kappa shape index (κ1) is 10.5. The van der Waals surface area contributed by atoms with Gasteiger partial charge < -0.3 is 15.0 Å². The molecule has 0 radical (unpaired) electrons. The van der Waals surface area contributed by atoms with Gasteiger partial charge in [0.25, 0.3) is 0 Å². The van der Waals surface area contributed by atoms with Crippen LogP contribution in [0.4, 0.5) is 5.69 Å². The minimum absolute atomic E-state index is 0.324. The summed E-state index contributed by atoms with van der Waals surface area (Å²) in [7, 11) is 3.91. The molecule has 0 aromatic carbocycles. The van der Waals surface area contributed by atoms with Crippen LogP contribution >= 0.6 is 0 Å². The number of imidazole rings is 1. The molecule has 5 heteroatoms. The number of aromatic nitrogens is 2. The van der Waals surface area contributed by atoms with Gasteiger partial charge in [-0.15, -0.1) is 0 Å². The summed E-state index contributed by atoms with van der Waals surface area (Å²) in [6.45, 7) is 0.324. The molecule has 0 atom stereocenters. The first-order valence-corrected chi connectivity index (χ1v) is 4.96. The van der Waals surface area contributed by atoms with Crippen LogP contribution in [0, 0.1) is 11.3 Å². The van der Waals surface area contributed by atoms with Gasteiger partial charge in [-0.05, 0) is 12.1 Å². The van der Waals surface area contributed by atoms with Gasteiger partial charge in [-0.2, -0.15) is 5.26 Å². The van der Waals surface area contributed by atoms with Gasteiger partial charge in [0.05, 0.1) is 12.1 Å². The maximum Gasteiger partial charge on any atom is 0.166 e. The zero-order chi connectivity index (χ0) is 11.7. The van der Waals surface area contributed by atoms with Crippen molar-refractivity contribution in [3.05, 3.63) is 29.8 Å². The number of anilines is 1. The monoisotopic (exact) mass is 215 g/mol. The van der Waals surface area contributed by atoms with E-state index in [-0.39, 0.29) is 0 Å². The molecule has 2 aromatic rings. The Hall–Kier alpha value is -2.06. The predicted molar refractivity (Wildman–Crippen MR) is 62.1 cm³/mol. The zero-order valence-electron chi connectivity index (χ0n) is 9.31. The summed E-state index contributed by atoms with van der Waals surface area (Å²) in [5.74, 6) is 0.705. The van der Waals surface area contributed by atoms with E-state index in [1.807, 2.05) is 41.7 Å². The van der Waals surface area contributed by atoms with E-state index < -0.39 is 0 Å². The Kier molecular flexibility index (Phi) is 2.50. The fourth-order valence-electron chi connectivity index (χ4n) is 1.64. The van der Waals surface area contributed by atoms with Gasteiger partial charge in [0.15, 0.2) is 5.69 Å². The second-order valence-electron chi connectivity index (χ2n) is 3.73. The molecule has 0 aliphatic carbocycles. The number of nitriles is 1. The minimum Gasteiger partial charge on any atom is -0.378 e. The van der Waals surface area contributed by atoms with Gasteiger partial charge in [-0.25, -0.2) is 4.98 Å². The van der Waals surface area contributed by atoms with E-state index in [1.165, 1.54) is 0 Å². The third-order valence-corrected chi connectivity index (χ3v) is 2.50. The fraction of sp³-hybridized carbons (Fsp3) is 0.273. The van der Waals surface area contributed by atoms with E-state index >= 15 is 0 Å². The summed E-state index contributed by atoms with van der Waals surface area (Å²) in [4.78, 5) is 6.17. The number of pyridine rings is 1. The summed E-state index contributed by atoms with van der Waals surface area (Å²) in [5.41, 5.74) is 7.83. The molecule has 0 unspecified atom stereocenters. The maximum absolute atomic E-state index is 8.99. The van der Waals surface area contributed by atoms with Crippen LogP contribution in [-0.4, -0.2) is 23.5 Å². The lowest BCUT2D eigenvalue weighted by molar-refractivity contribution is 0.901. The van der Waals surface area contributed by atoms with Gasteiger partial charge in [0.1, 0.15) is 11.9 Å². The standard InChI is InChI=1S/C11H13N5/c1-15(2)8-3-4-16-10(5-8)9(6-12)14-11(16)7-13/h3-5H,7,13H2,1-2H3. The van der Waals surface area contributed by atoms with E-state index in [2.05, 4.69) is 11.1 Å². The summed E-state index contributed by atoms with van der Waals surface area (Å²) >= 11 is 0. The van der Waals surface area contributed by atoms with Crippen molar-refractivity contribution in [2.24, 2.45) is 5.73 Å². The topological polar surface area (TPSA) is 70.3 Å². The Morgan fingerprint density at radius 2 is 2.31 bits per heavy atom. The molecule has 2 aromatic heterocycles. The molecule has 5 nitrogen and oxygen atoms in total. The molecule has 2 N–H and O–H groups in total. The van der Waals surface area contributed by atoms with E-state index in [0.717, 1.165) is 11.2 Å². The SMILES string of the molecule is CN(C)c1ccn2c(CN)nc(C#N)c2c1. The van der Waals surface area contributed by atoms with E-state index in [1.54, 1.807) is 0 Å². The number of nitrogens with zero attached hydrogens (tertiary/aromatic N) is 4. The molecule has 0 bridgehead atoms. The van der Waals surface area contributed by atoms with Crippen LogP contribution in [0.15, 0.2) is 18.3 Å². The quantitative estimate of drug-likeness (QED) is 0.801. The van der Waals surface area contributed by atoms with Crippen LogP contribution in [0.25, 0.3) is 5.52 Å². The lowest BCUT2D eigenvalue weighted by atomic mass is 10.3. The summed E-state index contributed by atoms with van der Waals surface area (Å²) in [6, 6.07) is 5.99.